The number of benzene rings is 1. The van der Waals surface area contributed by atoms with Gasteiger partial charge in [-0.1, -0.05) is 0 Å². The molecular weight excluding hydrogens is 440 g/mol. The average molecular weight is 468 g/mol. The summed E-state index contributed by atoms with van der Waals surface area (Å²) in [6.45, 7) is 2.37. The second-order valence-corrected chi connectivity index (χ2v) is 8.81. The number of hydrogen-bond acceptors (Lipinski definition) is 11. The summed E-state index contributed by atoms with van der Waals surface area (Å²) in [4.78, 5) is 12.9. The zero-order valence-electron chi connectivity index (χ0n) is 18.4. The molecule has 4 rings (SSSR count). The molecule has 0 bridgehead atoms. The Bertz CT molecular complexity index is 1070. The van der Waals surface area contributed by atoms with Gasteiger partial charge in [0.2, 0.25) is 0 Å². The molecule has 2 aromatic rings. The van der Waals surface area contributed by atoms with Crippen molar-refractivity contribution in [2.24, 2.45) is 0 Å². The number of methoxy groups -OCH3 is 1. The Labute approximate surface area is 188 Å². The summed E-state index contributed by atoms with van der Waals surface area (Å²) in [7, 11) is 1.43. The van der Waals surface area contributed by atoms with E-state index >= 15 is 0 Å². The summed E-state index contributed by atoms with van der Waals surface area (Å²) in [5.41, 5.74) is -0.662. The Morgan fingerprint density at radius 3 is 2.52 bits per heavy atom. The minimum absolute atomic E-state index is 0.100. The van der Waals surface area contributed by atoms with Crippen molar-refractivity contribution >= 4 is 11.0 Å². The second kappa shape index (κ2) is 8.84. The Hall–Kier alpha value is -2.25. The molecule has 2 aliphatic rings. The van der Waals surface area contributed by atoms with E-state index in [0.29, 0.717) is 23.5 Å². The lowest BCUT2D eigenvalue weighted by molar-refractivity contribution is -0.304. The highest BCUT2D eigenvalue weighted by atomic mass is 16.7. The fourth-order valence-electron chi connectivity index (χ4n) is 4.09. The quantitative estimate of drug-likeness (QED) is 0.360. The van der Waals surface area contributed by atoms with Crippen LogP contribution in [-0.4, -0.2) is 81.7 Å². The smallest absolute Gasteiger partial charge is 0.196 e. The molecule has 0 radical (unpaired) electrons. The van der Waals surface area contributed by atoms with Crippen LogP contribution in [0.3, 0.4) is 0 Å². The number of ether oxygens (including phenoxy) is 4. The lowest BCUT2D eigenvalue weighted by atomic mass is 9.96. The van der Waals surface area contributed by atoms with Crippen molar-refractivity contribution in [2.45, 2.75) is 69.3 Å². The van der Waals surface area contributed by atoms with E-state index in [4.69, 9.17) is 23.4 Å². The van der Waals surface area contributed by atoms with Crippen LogP contribution in [0.25, 0.3) is 11.0 Å². The minimum atomic E-state index is -1.59. The van der Waals surface area contributed by atoms with Crippen LogP contribution < -0.4 is 14.9 Å². The Morgan fingerprint density at radius 1 is 1.15 bits per heavy atom. The van der Waals surface area contributed by atoms with Gasteiger partial charge in [-0.05, 0) is 13.8 Å². The van der Waals surface area contributed by atoms with Gasteiger partial charge in [-0.2, -0.15) is 0 Å². The van der Waals surface area contributed by atoms with Crippen LogP contribution in [0.15, 0.2) is 21.3 Å². The number of aliphatic hydroxyl groups excluding tert-OH is 4. The van der Waals surface area contributed by atoms with E-state index in [-0.39, 0.29) is 23.3 Å². The van der Waals surface area contributed by atoms with Crippen molar-refractivity contribution in [1.82, 2.24) is 0 Å². The number of aliphatic hydroxyl groups is 5. The van der Waals surface area contributed by atoms with E-state index in [9.17, 15) is 30.3 Å². The SMILES string of the molecule is COc1c2c(cc3oc(CO[C@H]4O[C@H](CO)[C@@H](O)[C@H](O)[C@H]4O)cc(=O)c13)O[C@@H](C(C)(C)O)C2. The summed E-state index contributed by atoms with van der Waals surface area (Å²) in [5, 5.41) is 49.7. The fourth-order valence-corrected chi connectivity index (χ4v) is 4.09. The molecule has 2 aliphatic heterocycles. The van der Waals surface area contributed by atoms with Gasteiger partial charge in [0.25, 0.3) is 0 Å². The highest BCUT2D eigenvalue weighted by Gasteiger charge is 2.44. The molecule has 1 aromatic carbocycles. The Morgan fingerprint density at radius 2 is 1.88 bits per heavy atom. The van der Waals surface area contributed by atoms with Crippen LogP contribution in [0, 0.1) is 0 Å². The number of rotatable bonds is 6. The zero-order chi connectivity index (χ0) is 24.1. The maximum absolute atomic E-state index is 12.9. The second-order valence-electron chi connectivity index (χ2n) is 8.81. The molecular formula is C22H28O11. The zero-order valence-corrected chi connectivity index (χ0v) is 18.4. The molecule has 6 atom stereocenters. The largest absolute Gasteiger partial charge is 0.495 e. The molecule has 5 N–H and O–H groups in total. The van der Waals surface area contributed by atoms with Crippen LogP contribution in [0.1, 0.15) is 25.2 Å². The molecule has 0 amide bonds. The van der Waals surface area contributed by atoms with E-state index in [2.05, 4.69) is 0 Å². The van der Waals surface area contributed by atoms with Gasteiger partial charge in [-0.15, -0.1) is 0 Å². The molecule has 11 nitrogen and oxygen atoms in total. The molecule has 0 unspecified atom stereocenters. The third kappa shape index (κ3) is 4.33. The summed E-state index contributed by atoms with van der Waals surface area (Å²) in [6, 6.07) is 2.77. The van der Waals surface area contributed by atoms with Gasteiger partial charge < -0.3 is 48.9 Å². The number of fused-ring (bicyclic) bond motifs is 2. The molecule has 11 heteroatoms. The first-order valence-corrected chi connectivity index (χ1v) is 10.5. The third-order valence-corrected chi connectivity index (χ3v) is 5.98. The number of hydrogen-bond donors (Lipinski definition) is 5. The lowest BCUT2D eigenvalue weighted by Gasteiger charge is -2.39. The van der Waals surface area contributed by atoms with E-state index in [1.165, 1.54) is 13.2 Å². The maximum Gasteiger partial charge on any atom is 0.196 e. The Balaban J connectivity index is 1.61. The van der Waals surface area contributed by atoms with Gasteiger partial charge in [0.1, 0.15) is 65.4 Å². The summed E-state index contributed by atoms with van der Waals surface area (Å²) < 4.78 is 27.9. The fraction of sp³-hybridized carbons (Fsp3) is 0.591. The van der Waals surface area contributed by atoms with Crippen LogP contribution >= 0.6 is 0 Å². The molecule has 0 saturated carbocycles. The molecule has 0 aliphatic carbocycles. The summed E-state index contributed by atoms with van der Waals surface area (Å²) in [5.74, 6) is 0.842. The first-order valence-electron chi connectivity index (χ1n) is 10.5. The van der Waals surface area contributed by atoms with Gasteiger partial charge >= 0.3 is 0 Å². The Kier molecular flexibility index (Phi) is 6.40. The standard InChI is InChI=1S/C22H28O11/c1-22(2,28)15-5-10-12(32-15)6-13-16(20(10)29-3)11(24)4-9(31-13)8-30-21-19(27)18(26)17(25)14(7-23)33-21/h4,6,14-15,17-19,21,23,25-28H,5,7-8H2,1-3H3/t14-,15-,17-,18+,19-,21+/m1/s1. The normalized spacial score (nSPS) is 29.7. The molecule has 1 saturated heterocycles. The van der Waals surface area contributed by atoms with Gasteiger partial charge in [-0.25, -0.2) is 0 Å². The van der Waals surface area contributed by atoms with Crippen molar-refractivity contribution < 1.29 is 48.9 Å². The van der Waals surface area contributed by atoms with Crippen molar-refractivity contribution in [3.8, 4) is 11.5 Å². The first-order chi connectivity index (χ1) is 15.5. The predicted molar refractivity (Wildman–Crippen MR) is 112 cm³/mol. The summed E-state index contributed by atoms with van der Waals surface area (Å²) in [6.07, 6.45) is -7.33. The lowest BCUT2D eigenvalue weighted by Crippen LogP contribution is -2.59. The average Bonchev–Trinajstić information content (AvgIpc) is 3.20. The molecule has 1 aromatic heterocycles. The maximum atomic E-state index is 12.9. The summed E-state index contributed by atoms with van der Waals surface area (Å²) >= 11 is 0. The molecule has 33 heavy (non-hydrogen) atoms. The van der Waals surface area contributed by atoms with Gasteiger partial charge in [0.05, 0.1) is 19.3 Å². The minimum Gasteiger partial charge on any atom is -0.495 e. The van der Waals surface area contributed by atoms with Crippen LogP contribution in [-0.2, 0) is 22.5 Å². The van der Waals surface area contributed by atoms with Crippen molar-refractivity contribution in [1.29, 1.82) is 0 Å². The third-order valence-electron chi connectivity index (χ3n) is 5.98. The monoisotopic (exact) mass is 468 g/mol. The van der Waals surface area contributed by atoms with Crippen molar-refractivity contribution in [3.63, 3.8) is 0 Å². The predicted octanol–water partition coefficient (Wildman–Crippen LogP) is -0.808. The van der Waals surface area contributed by atoms with E-state index < -0.39 is 54.4 Å². The van der Waals surface area contributed by atoms with Gasteiger partial charge in [0, 0.05) is 24.1 Å². The molecule has 182 valence electrons. The van der Waals surface area contributed by atoms with Crippen molar-refractivity contribution in [2.75, 3.05) is 13.7 Å². The molecule has 3 heterocycles. The molecule has 0 spiro atoms. The molecule has 1 fully saturated rings. The van der Waals surface area contributed by atoms with Gasteiger partial charge in [-0.3, -0.25) is 4.79 Å². The van der Waals surface area contributed by atoms with E-state index in [1.807, 2.05) is 0 Å². The van der Waals surface area contributed by atoms with Crippen LogP contribution in [0.5, 0.6) is 11.5 Å². The highest BCUT2D eigenvalue weighted by molar-refractivity contribution is 5.87. The first kappa shape index (κ1) is 23.9. The van der Waals surface area contributed by atoms with E-state index in [0.717, 1.165) is 0 Å². The van der Waals surface area contributed by atoms with E-state index in [1.54, 1.807) is 19.9 Å². The topological polar surface area (TPSA) is 168 Å². The van der Waals surface area contributed by atoms with Gasteiger partial charge in [0.15, 0.2) is 11.7 Å². The highest BCUT2D eigenvalue weighted by Crippen LogP contribution is 2.43. The van der Waals surface area contributed by atoms with Crippen LogP contribution in [0.2, 0.25) is 0 Å². The van der Waals surface area contributed by atoms with Crippen molar-refractivity contribution in [3.05, 3.63) is 33.7 Å². The van der Waals surface area contributed by atoms with Crippen LogP contribution in [0.4, 0.5) is 0 Å².